The second kappa shape index (κ2) is 15.1. The van der Waals surface area contributed by atoms with Crippen LogP contribution in [0.25, 0.3) is 11.1 Å². The average Bonchev–Trinajstić information content (AvgIpc) is 3.43. The monoisotopic (exact) mass is 643 g/mol. The number of likely N-dealkylation sites (tertiary alicyclic amines) is 2. The molecule has 0 bridgehead atoms. The number of hydrogen-bond donors (Lipinski definition) is 1. The van der Waals surface area contributed by atoms with Crippen molar-refractivity contribution < 1.29 is 37.4 Å². The normalized spacial score (nSPS) is 18.7. The number of nitrogens with zero attached hydrogens (tertiary/aromatic N) is 2. The van der Waals surface area contributed by atoms with E-state index in [1.54, 1.807) is 62.1 Å². The van der Waals surface area contributed by atoms with Gasteiger partial charge in [-0.15, -0.1) is 0 Å². The molecule has 4 rings (SSSR count). The number of amides is 3. The minimum Gasteiger partial charge on any atom is -0.490 e. The van der Waals surface area contributed by atoms with Gasteiger partial charge in [0.15, 0.2) is 0 Å². The highest BCUT2D eigenvalue weighted by molar-refractivity contribution is 5.86. The lowest BCUT2D eigenvalue weighted by atomic mass is 9.92. The SMILES string of the molecule is CC(C)OC(=O)N1CCC([C@H](C)Oc2ccc(-c3ccccc3)c(F)c2C[C@H](NC(=O)OC(C)(C)C)C(=O)N2CC[C@H](F)C2)CC1. The van der Waals surface area contributed by atoms with E-state index >= 15 is 4.39 Å². The van der Waals surface area contributed by atoms with Crippen LogP contribution in [0.5, 0.6) is 5.75 Å². The number of carbonyl (C=O) groups is 3. The summed E-state index contributed by atoms with van der Waals surface area (Å²) in [5.41, 5.74) is 0.250. The summed E-state index contributed by atoms with van der Waals surface area (Å²) in [6, 6.07) is 11.1. The number of rotatable bonds is 9. The number of halogens is 2. The van der Waals surface area contributed by atoms with Crippen molar-refractivity contribution in [1.82, 2.24) is 15.1 Å². The van der Waals surface area contributed by atoms with Gasteiger partial charge >= 0.3 is 12.2 Å². The van der Waals surface area contributed by atoms with Crippen LogP contribution in [0.4, 0.5) is 18.4 Å². The van der Waals surface area contributed by atoms with Gasteiger partial charge in [0.25, 0.3) is 0 Å². The molecule has 3 atom stereocenters. The predicted octanol–water partition coefficient (Wildman–Crippen LogP) is 6.52. The van der Waals surface area contributed by atoms with Gasteiger partial charge in [0.2, 0.25) is 5.91 Å². The van der Waals surface area contributed by atoms with Gasteiger partial charge in [-0.2, -0.15) is 0 Å². The van der Waals surface area contributed by atoms with Crippen LogP contribution in [-0.4, -0.2) is 84.1 Å². The van der Waals surface area contributed by atoms with Crippen molar-refractivity contribution in [2.24, 2.45) is 5.92 Å². The van der Waals surface area contributed by atoms with E-state index in [-0.39, 0.29) is 61.5 Å². The Labute approximate surface area is 270 Å². The van der Waals surface area contributed by atoms with Crippen LogP contribution in [0.1, 0.15) is 66.4 Å². The first-order valence-corrected chi connectivity index (χ1v) is 16.1. The third-order valence-electron chi connectivity index (χ3n) is 8.24. The molecule has 2 aromatic carbocycles. The van der Waals surface area contributed by atoms with Crippen LogP contribution in [0, 0.1) is 11.7 Å². The highest BCUT2D eigenvalue weighted by Gasteiger charge is 2.35. The Morgan fingerprint density at radius 3 is 2.20 bits per heavy atom. The molecule has 3 amide bonds. The van der Waals surface area contributed by atoms with Crippen LogP contribution in [0.3, 0.4) is 0 Å². The van der Waals surface area contributed by atoms with Gasteiger partial charge in [0.1, 0.15) is 29.4 Å². The standard InChI is InChI=1S/C35H47F2N3O6/c1-22(2)44-34(43)39-17-14-24(15-18-39)23(3)45-30-13-12-27(25-10-8-7-9-11-25)31(37)28(30)20-29(38-33(42)46-35(4,5)6)32(41)40-19-16-26(36)21-40/h7-13,22-24,26,29H,14-21H2,1-6H3,(H,38,42)/t23-,26-,29-/m0/s1. The maximum Gasteiger partial charge on any atom is 0.410 e. The average molecular weight is 644 g/mol. The molecule has 0 spiro atoms. The Hall–Kier alpha value is -3.89. The molecule has 252 valence electrons. The first-order chi connectivity index (χ1) is 21.7. The summed E-state index contributed by atoms with van der Waals surface area (Å²) in [7, 11) is 0. The molecular formula is C35H47F2N3O6. The Kier molecular flexibility index (Phi) is 11.5. The van der Waals surface area contributed by atoms with E-state index in [1.807, 2.05) is 26.8 Å². The summed E-state index contributed by atoms with van der Waals surface area (Å²) in [5.74, 6) is -0.762. The van der Waals surface area contributed by atoms with Crippen LogP contribution in [0.2, 0.25) is 0 Å². The second-order valence-electron chi connectivity index (χ2n) is 13.4. The minimum absolute atomic E-state index is 0.0798. The van der Waals surface area contributed by atoms with Gasteiger partial charge in [-0.1, -0.05) is 30.3 Å². The lowest BCUT2D eigenvalue weighted by Crippen LogP contribution is -2.50. The zero-order chi connectivity index (χ0) is 33.6. The molecule has 1 N–H and O–H groups in total. The second-order valence-corrected chi connectivity index (χ2v) is 13.4. The molecule has 0 saturated carbocycles. The topological polar surface area (TPSA) is 97.4 Å². The summed E-state index contributed by atoms with van der Waals surface area (Å²) in [6.07, 6.45) is -1.57. The first-order valence-electron chi connectivity index (χ1n) is 16.1. The Bertz CT molecular complexity index is 1360. The van der Waals surface area contributed by atoms with Crippen molar-refractivity contribution in [3.8, 4) is 16.9 Å². The molecule has 2 aromatic rings. The van der Waals surface area contributed by atoms with E-state index in [4.69, 9.17) is 14.2 Å². The fraction of sp³-hybridized carbons (Fsp3) is 0.571. The van der Waals surface area contributed by atoms with Gasteiger partial charge in [-0.3, -0.25) is 4.79 Å². The molecule has 2 aliphatic heterocycles. The summed E-state index contributed by atoms with van der Waals surface area (Å²) in [4.78, 5) is 42.0. The van der Waals surface area contributed by atoms with E-state index < -0.39 is 35.6 Å². The first kappa shape index (κ1) is 35.0. The van der Waals surface area contributed by atoms with Crippen LogP contribution >= 0.6 is 0 Å². The molecule has 2 heterocycles. The van der Waals surface area contributed by atoms with Crippen molar-refractivity contribution in [3.05, 3.63) is 53.8 Å². The smallest absolute Gasteiger partial charge is 0.410 e. The minimum atomic E-state index is -1.23. The molecule has 0 aliphatic carbocycles. The molecule has 2 aliphatic rings. The van der Waals surface area contributed by atoms with Crippen molar-refractivity contribution in [3.63, 3.8) is 0 Å². The van der Waals surface area contributed by atoms with E-state index in [1.165, 1.54) is 4.90 Å². The van der Waals surface area contributed by atoms with E-state index in [9.17, 15) is 18.8 Å². The third kappa shape index (κ3) is 9.33. The fourth-order valence-electron chi connectivity index (χ4n) is 5.86. The molecule has 9 nitrogen and oxygen atoms in total. The summed E-state index contributed by atoms with van der Waals surface area (Å²) >= 11 is 0. The van der Waals surface area contributed by atoms with Gasteiger partial charge in [-0.25, -0.2) is 18.4 Å². The van der Waals surface area contributed by atoms with Crippen LogP contribution in [0.15, 0.2) is 42.5 Å². The largest absolute Gasteiger partial charge is 0.490 e. The number of alkyl carbamates (subject to hydrolysis) is 1. The highest BCUT2D eigenvalue weighted by atomic mass is 19.1. The van der Waals surface area contributed by atoms with Crippen molar-refractivity contribution in [2.75, 3.05) is 26.2 Å². The number of ether oxygens (including phenoxy) is 3. The third-order valence-corrected chi connectivity index (χ3v) is 8.24. The Balaban J connectivity index is 1.62. The summed E-state index contributed by atoms with van der Waals surface area (Å²) in [5, 5.41) is 2.63. The summed E-state index contributed by atoms with van der Waals surface area (Å²) < 4.78 is 47.9. The highest BCUT2D eigenvalue weighted by Crippen LogP contribution is 2.35. The molecule has 2 fully saturated rings. The summed E-state index contributed by atoms with van der Waals surface area (Å²) in [6.45, 7) is 11.8. The number of carbonyl (C=O) groups excluding carboxylic acids is 3. The maximum atomic E-state index is 16.6. The van der Waals surface area contributed by atoms with E-state index in [0.29, 0.717) is 37.1 Å². The molecule has 2 saturated heterocycles. The Morgan fingerprint density at radius 2 is 1.61 bits per heavy atom. The van der Waals surface area contributed by atoms with Crippen molar-refractivity contribution in [2.45, 2.75) is 97.2 Å². The van der Waals surface area contributed by atoms with Gasteiger partial charge in [0.05, 0.1) is 18.8 Å². The van der Waals surface area contributed by atoms with E-state index in [0.717, 1.165) is 0 Å². The molecule has 46 heavy (non-hydrogen) atoms. The zero-order valence-corrected chi connectivity index (χ0v) is 27.7. The molecule has 0 radical (unpaired) electrons. The van der Waals surface area contributed by atoms with Crippen molar-refractivity contribution in [1.29, 1.82) is 0 Å². The zero-order valence-electron chi connectivity index (χ0n) is 27.7. The number of piperidine rings is 1. The lowest BCUT2D eigenvalue weighted by molar-refractivity contribution is -0.132. The maximum absolute atomic E-state index is 16.6. The lowest BCUT2D eigenvalue weighted by Gasteiger charge is -2.35. The predicted molar refractivity (Wildman–Crippen MR) is 171 cm³/mol. The van der Waals surface area contributed by atoms with Crippen LogP contribution < -0.4 is 10.1 Å². The fourth-order valence-corrected chi connectivity index (χ4v) is 5.86. The van der Waals surface area contributed by atoms with Gasteiger partial charge in [0, 0.05) is 37.2 Å². The quantitative estimate of drug-likeness (QED) is 0.334. The van der Waals surface area contributed by atoms with Crippen molar-refractivity contribution >= 4 is 18.1 Å². The Morgan fingerprint density at radius 1 is 0.957 bits per heavy atom. The molecular weight excluding hydrogens is 596 g/mol. The number of hydrogen-bond acceptors (Lipinski definition) is 6. The molecule has 11 heteroatoms. The van der Waals surface area contributed by atoms with E-state index in [2.05, 4.69) is 5.32 Å². The molecule has 0 unspecified atom stereocenters. The number of alkyl halides is 1. The van der Waals surface area contributed by atoms with Gasteiger partial charge < -0.3 is 29.3 Å². The van der Waals surface area contributed by atoms with Gasteiger partial charge in [-0.05, 0) is 84.4 Å². The number of nitrogens with one attached hydrogen (secondary N) is 1. The molecule has 0 aromatic heterocycles. The number of benzene rings is 2. The van der Waals surface area contributed by atoms with Crippen LogP contribution in [-0.2, 0) is 20.7 Å².